The Hall–Kier alpha value is -2.90. The van der Waals surface area contributed by atoms with Crippen molar-refractivity contribution in [3.63, 3.8) is 0 Å². The van der Waals surface area contributed by atoms with Gasteiger partial charge in [-0.25, -0.2) is 15.0 Å². The van der Waals surface area contributed by atoms with E-state index in [1.807, 2.05) is 32.9 Å². The molecule has 4 rings (SSSR count). The highest BCUT2D eigenvalue weighted by atomic mass is 16.5. The molecule has 0 aromatic carbocycles. The lowest BCUT2D eigenvalue weighted by molar-refractivity contribution is 0.315. The minimum atomic E-state index is 0.00523. The lowest BCUT2D eigenvalue weighted by Crippen LogP contribution is -2.31. The van der Waals surface area contributed by atoms with Crippen LogP contribution in [0.3, 0.4) is 0 Å². The molecule has 0 unspecified atom stereocenters. The summed E-state index contributed by atoms with van der Waals surface area (Å²) >= 11 is 0. The minimum Gasteiger partial charge on any atom is -0.474 e. The van der Waals surface area contributed by atoms with Crippen molar-refractivity contribution in [2.75, 3.05) is 23.8 Å². The van der Waals surface area contributed by atoms with E-state index in [1.165, 1.54) is 0 Å². The van der Waals surface area contributed by atoms with Crippen LogP contribution in [0.2, 0.25) is 0 Å². The van der Waals surface area contributed by atoms with Crippen LogP contribution < -0.4 is 15.4 Å². The smallest absolute Gasteiger partial charge is 0.246 e. The van der Waals surface area contributed by atoms with Gasteiger partial charge >= 0.3 is 0 Å². The van der Waals surface area contributed by atoms with E-state index in [0.717, 1.165) is 16.8 Å². The number of nitrogens with two attached hydrogens (primary N) is 1. The van der Waals surface area contributed by atoms with E-state index in [4.69, 9.17) is 10.5 Å². The third-order valence-electron chi connectivity index (χ3n) is 4.11. The lowest BCUT2D eigenvalue weighted by atomic mass is 10.1. The molecule has 1 atom stereocenters. The molecule has 0 aliphatic carbocycles. The molecule has 0 amide bonds. The third kappa shape index (κ3) is 2.95. The summed E-state index contributed by atoms with van der Waals surface area (Å²) in [5.74, 6) is 2.56. The third-order valence-corrected chi connectivity index (χ3v) is 4.11. The standard InChI is InChI=1S/C15H17N7O.C2H6/c1-8(10-4-3-5-17-12(10)16)22-6-7-23-15-11-13(20-21-15)18-9(2)19-14(11)22;1-2/h3-5,8H,6-7H2,1-2H3,(H2,16,17)(H,18,19,20,21);1-2H3/t8-;/m1./s1. The predicted molar refractivity (Wildman–Crippen MR) is 97.7 cm³/mol. The molecule has 8 nitrogen and oxygen atoms in total. The number of hydrogen-bond acceptors (Lipinski definition) is 7. The van der Waals surface area contributed by atoms with Crippen molar-refractivity contribution < 1.29 is 4.74 Å². The predicted octanol–water partition coefficient (Wildman–Crippen LogP) is 2.62. The summed E-state index contributed by atoms with van der Waals surface area (Å²) in [7, 11) is 0. The number of nitrogen functional groups attached to an aromatic ring is 1. The second-order valence-corrected chi connectivity index (χ2v) is 5.54. The van der Waals surface area contributed by atoms with Crippen molar-refractivity contribution in [1.29, 1.82) is 0 Å². The Kier molecular flexibility index (Phi) is 4.69. The molecule has 0 saturated carbocycles. The van der Waals surface area contributed by atoms with Crippen molar-refractivity contribution in [3.8, 4) is 5.88 Å². The van der Waals surface area contributed by atoms with Gasteiger partial charge in [0.25, 0.3) is 0 Å². The first-order valence-electron chi connectivity index (χ1n) is 8.47. The Bertz CT molecular complexity index is 877. The molecular formula is C17H23N7O. The van der Waals surface area contributed by atoms with Crippen LogP contribution in [-0.4, -0.2) is 38.3 Å². The Morgan fingerprint density at radius 1 is 1.32 bits per heavy atom. The van der Waals surface area contributed by atoms with Gasteiger partial charge in [0.05, 0.1) is 12.6 Å². The number of aryl methyl sites for hydroxylation is 1. The fourth-order valence-corrected chi connectivity index (χ4v) is 2.98. The molecule has 0 fully saturated rings. The number of nitrogens with zero attached hydrogens (tertiary/aromatic N) is 5. The van der Waals surface area contributed by atoms with Crippen LogP contribution in [0.5, 0.6) is 5.88 Å². The highest BCUT2D eigenvalue weighted by Crippen LogP contribution is 2.37. The van der Waals surface area contributed by atoms with Crippen LogP contribution >= 0.6 is 0 Å². The largest absolute Gasteiger partial charge is 0.474 e. The number of nitrogens with one attached hydrogen (secondary N) is 1. The summed E-state index contributed by atoms with van der Waals surface area (Å²) in [6.45, 7) is 9.14. The molecule has 25 heavy (non-hydrogen) atoms. The second kappa shape index (κ2) is 6.92. The van der Waals surface area contributed by atoms with E-state index in [-0.39, 0.29) is 6.04 Å². The Labute approximate surface area is 146 Å². The SMILES string of the molecule is CC.Cc1nc2c3c(n[nH]c3n1)OCCN2[C@H](C)c1cccnc1N. The molecule has 0 saturated heterocycles. The zero-order chi connectivity index (χ0) is 18.0. The zero-order valence-electron chi connectivity index (χ0n) is 14.9. The van der Waals surface area contributed by atoms with Gasteiger partial charge in [-0.3, -0.25) is 5.10 Å². The van der Waals surface area contributed by atoms with Crippen molar-refractivity contribution in [1.82, 2.24) is 25.1 Å². The fourth-order valence-electron chi connectivity index (χ4n) is 2.98. The van der Waals surface area contributed by atoms with Crippen LogP contribution in [0.25, 0.3) is 11.0 Å². The highest BCUT2D eigenvalue weighted by molar-refractivity contribution is 5.92. The quantitative estimate of drug-likeness (QED) is 0.738. The average molecular weight is 341 g/mol. The maximum absolute atomic E-state index is 6.05. The fraction of sp³-hybridized carbons (Fsp3) is 0.412. The number of aromatic nitrogens is 5. The number of H-pyrrole nitrogens is 1. The zero-order valence-corrected chi connectivity index (χ0v) is 14.9. The maximum Gasteiger partial charge on any atom is 0.246 e. The summed E-state index contributed by atoms with van der Waals surface area (Å²) in [6.07, 6.45) is 1.69. The number of pyridine rings is 1. The van der Waals surface area contributed by atoms with E-state index in [0.29, 0.717) is 36.3 Å². The van der Waals surface area contributed by atoms with E-state index >= 15 is 0 Å². The van der Waals surface area contributed by atoms with Crippen LogP contribution in [0.1, 0.15) is 38.2 Å². The second-order valence-electron chi connectivity index (χ2n) is 5.54. The van der Waals surface area contributed by atoms with Crippen LogP contribution in [0.4, 0.5) is 11.6 Å². The van der Waals surface area contributed by atoms with Gasteiger partial charge in [-0.1, -0.05) is 19.9 Å². The van der Waals surface area contributed by atoms with Crippen molar-refractivity contribution in [2.24, 2.45) is 0 Å². The summed E-state index contributed by atoms with van der Waals surface area (Å²) in [4.78, 5) is 15.4. The average Bonchev–Trinajstić information content (AvgIpc) is 2.93. The summed E-state index contributed by atoms with van der Waals surface area (Å²) in [5, 5.41) is 7.91. The Morgan fingerprint density at radius 3 is 2.88 bits per heavy atom. The molecule has 1 aliphatic heterocycles. The van der Waals surface area contributed by atoms with Crippen LogP contribution in [-0.2, 0) is 0 Å². The Balaban J connectivity index is 0.000000880. The van der Waals surface area contributed by atoms with Gasteiger partial charge < -0.3 is 15.4 Å². The van der Waals surface area contributed by atoms with Gasteiger partial charge in [-0.2, -0.15) is 0 Å². The molecule has 1 aliphatic rings. The highest BCUT2D eigenvalue weighted by Gasteiger charge is 2.28. The van der Waals surface area contributed by atoms with E-state index in [9.17, 15) is 0 Å². The number of ether oxygens (including phenoxy) is 1. The minimum absolute atomic E-state index is 0.00523. The number of hydrogen-bond donors (Lipinski definition) is 2. The molecule has 0 spiro atoms. The molecule has 132 valence electrons. The van der Waals surface area contributed by atoms with Crippen LogP contribution in [0.15, 0.2) is 18.3 Å². The normalized spacial score (nSPS) is 14.3. The number of aromatic amines is 1. The first-order chi connectivity index (χ1) is 12.1. The lowest BCUT2D eigenvalue weighted by Gasteiger charge is -2.30. The number of anilines is 2. The molecule has 0 bridgehead atoms. The van der Waals surface area contributed by atoms with Gasteiger partial charge in [-0.05, 0) is 19.9 Å². The summed E-state index contributed by atoms with van der Waals surface area (Å²) in [6, 6.07) is 3.88. The van der Waals surface area contributed by atoms with Crippen molar-refractivity contribution in [3.05, 3.63) is 29.7 Å². The molecule has 3 aromatic heterocycles. The Morgan fingerprint density at radius 2 is 2.12 bits per heavy atom. The van der Waals surface area contributed by atoms with Crippen molar-refractivity contribution in [2.45, 2.75) is 33.7 Å². The van der Waals surface area contributed by atoms with E-state index < -0.39 is 0 Å². The summed E-state index contributed by atoms with van der Waals surface area (Å²) in [5.41, 5.74) is 7.69. The van der Waals surface area contributed by atoms with Crippen molar-refractivity contribution >= 4 is 22.7 Å². The maximum atomic E-state index is 6.05. The van der Waals surface area contributed by atoms with E-state index in [1.54, 1.807) is 6.20 Å². The monoisotopic (exact) mass is 341 g/mol. The van der Waals surface area contributed by atoms with Gasteiger partial charge in [0, 0.05) is 11.8 Å². The van der Waals surface area contributed by atoms with Gasteiger partial charge in [-0.15, -0.1) is 5.10 Å². The molecule has 8 heteroatoms. The van der Waals surface area contributed by atoms with Crippen LogP contribution in [0, 0.1) is 6.92 Å². The molecule has 0 radical (unpaired) electrons. The number of rotatable bonds is 2. The first-order valence-corrected chi connectivity index (χ1v) is 8.47. The van der Waals surface area contributed by atoms with Gasteiger partial charge in [0.1, 0.15) is 29.5 Å². The summed E-state index contributed by atoms with van der Waals surface area (Å²) < 4.78 is 5.74. The van der Waals surface area contributed by atoms with Gasteiger partial charge in [0.15, 0.2) is 5.65 Å². The van der Waals surface area contributed by atoms with Gasteiger partial charge in [0.2, 0.25) is 5.88 Å². The molecular weight excluding hydrogens is 318 g/mol. The first kappa shape index (κ1) is 16.9. The molecule has 4 heterocycles. The molecule has 3 N–H and O–H groups in total. The topological polar surface area (TPSA) is 106 Å². The molecule has 3 aromatic rings. The van der Waals surface area contributed by atoms with E-state index in [2.05, 4.69) is 37.0 Å².